The second-order valence-electron chi connectivity index (χ2n) is 4.24. The molecule has 1 aromatic heterocycles. The van der Waals surface area contributed by atoms with E-state index >= 15 is 0 Å². The predicted octanol–water partition coefficient (Wildman–Crippen LogP) is -0.727. The molecule has 126 valence electrons. The number of nitrogens with zero attached hydrogens (tertiary/aromatic N) is 1. The molecule has 2 aromatic rings. The minimum atomic E-state index is -4.31. The zero-order valence-electron chi connectivity index (χ0n) is 13.4. The summed E-state index contributed by atoms with van der Waals surface area (Å²) in [6.07, 6.45) is -0.831. The summed E-state index contributed by atoms with van der Waals surface area (Å²) < 4.78 is 42.4. The topological polar surface area (TPSA) is 136 Å². The van der Waals surface area contributed by atoms with Crippen molar-refractivity contribution in [3.8, 4) is 5.75 Å². The van der Waals surface area contributed by atoms with Gasteiger partial charge in [-0.25, -0.2) is 13.0 Å². The number of nitro benzene ring substituents is 1. The van der Waals surface area contributed by atoms with Crippen LogP contribution in [0.15, 0.2) is 46.0 Å². The van der Waals surface area contributed by atoms with E-state index in [4.69, 9.17) is 4.52 Å². The van der Waals surface area contributed by atoms with Gasteiger partial charge in [0.05, 0.1) is 9.82 Å². The maximum absolute atomic E-state index is 11.9. The molecule has 24 heavy (non-hydrogen) atoms. The Morgan fingerprint density at radius 1 is 1.33 bits per heavy atom. The Bertz CT molecular complexity index is 846. The number of hydrogen-bond donors (Lipinski definition) is 2. The van der Waals surface area contributed by atoms with E-state index in [2.05, 4.69) is 0 Å². The van der Waals surface area contributed by atoms with E-state index in [0.29, 0.717) is 0 Å². The van der Waals surface area contributed by atoms with Crippen LogP contribution in [0.3, 0.4) is 0 Å². The third-order valence-electron chi connectivity index (χ3n) is 2.56. The number of hydrogen-bond acceptors (Lipinski definition) is 7. The molecule has 9 nitrogen and oxygen atoms in total. The van der Waals surface area contributed by atoms with E-state index < -0.39 is 28.8 Å². The molecule has 0 fully saturated rings. The summed E-state index contributed by atoms with van der Waals surface area (Å²) in [6, 6.07) is 5.85. The van der Waals surface area contributed by atoms with Crippen molar-refractivity contribution < 1.29 is 58.3 Å². The van der Waals surface area contributed by atoms with Crippen molar-refractivity contribution in [1.82, 2.24) is 4.72 Å². The van der Waals surface area contributed by atoms with Crippen LogP contribution in [0.1, 0.15) is 1.43 Å². The van der Waals surface area contributed by atoms with E-state index in [1.807, 2.05) is 4.72 Å². The molecule has 1 atom stereocenters. The first-order chi connectivity index (χ1) is 10.7. The molecule has 0 radical (unpaired) electrons. The molecule has 1 heterocycles. The number of non-ortho nitro benzene ring substituents is 1. The zero-order valence-corrected chi connectivity index (χ0v) is 16.9. The summed E-state index contributed by atoms with van der Waals surface area (Å²) in [5.41, 5.74) is -0.205. The quantitative estimate of drug-likeness (QED) is 0.270. The van der Waals surface area contributed by atoms with Crippen molar-refractivity contribution in [2.24, 2.45) is 0 Å². The van der Waals surface area contributed by atoms with E-state index in [9.17, 15) is 28.0 Å². The van der Waals surface area contributed by atoms with Gasteiger partial charge in [-0.2, -0.15) is 16.1 Å². The number of sulfonamides is 1. The molecule has 1 aromatic carbocycles. The Morgan fingerprint density at radius 2 is 1.96 bits per heavy atom. The van der Waals surface area contributed by atoms with Crippen molar-refractivity contribution in [3.63, 3.8) is 0 Å². The van der Waals surface area contributed by atoms with Gasteiger partial charge in [0, 0.05) is 17.5 Å². The van der Waals surface area contributed by atoms with Gasteiger partial charge in [0.15, 0.2) is 0 Å². The summed E-state index contributed by atoms with van der Waals surface area (Å²) in [5.74, 6) is -0.0869. The fourth-order valence-corrected chi connectivity index (χ4v) is 5.02. The largest absolute Gasteiger partial charge is 1.00 e. The van der Waals surface area contributed by atoms with Gasteiger partial charge in [-0.05, 0) is 23.6 Å². The Hall–Kier alpha value is -0.780. The second-order valence-corrected chi connectivity index (χ2v) is 8.57. The fraction of sp³-hybridized carbons (Fsp3) is 0.0909. The maximum atomic E-state index is 11.9. The first-order valence-electron chi connectivity index (χ1n) is 5.97. The van der Waals surface area contributed by atoms with Crippen LogP contribution in [0.2, 0.25) is 0 Å². The van der Waals surface area contributed by atoms with E-state index in [-0.39, 0.29) is 47.3 Å². The van der Waals surface area contributed by atoms with Crippen LogP contribution in [-0.2, 0) is 14.6 Å². The third kappa shape index (κ3) is 5.94. The summed E-state index contributed by atoms with van der Waals surface area (Å²) in [4.78, 5) is 19.5. The van der Waals surface area contributed by atoms with E-state index in [1.54, 1.807) is 5.38 Å². The van der Waals surface area contributed by atoms with Crippen LogP contribution in [0.25, 0.3) is 0 Å². The Kier molecular flexibility index (Phi) is 7.57. The molecular weight excluding hydrogens is 390 g/mol. The molecule has 1 unspecified atom stereocenters. The smallest absolute Gasteiger partial charge is 1.00 e. The predicted molar refractivity (Wildman–Crippen MR) is 84.2 cm³/mol. The molecule has 2 rings (SSSR count). The third-order valence-corrected chi connectivity index (χ3v) is 6.05. The van der Waals surface area contributed by atoms with Crippen molar-refractivity contribution in [2.45, 2.75) is 4.90 Å². The van der Waals surface area contributed by atoms with Gasteiger partial charge in [-0.1, -0.05) is 0 Å². The molecule has 0 amide bonds. The first-order valence-corrected chi connectivity index (χ1v) is 10.2. The van der Waals surface area contributed by atoms with Crippen LogP contribution in [0.5, 0.6) is 5.75 Å². The number of thiophene rings is 1. The SMILES string of the molecule is O=[N+]([O-])c1ccc(OP(=O)(O)CNS(=O)(=O)c2ccsc2)cc1.[H-].[Na+]. The molecular formula is C11H12N2NaO7PS2. The average Bonchev–Trinajstić information content (AvgIpc) is 3.01. The Balaban J connectivity index is 0.00000288. The van der Waals surface area contributed by atoms with Gasteiger partial charge < -0.3 is 10.8 Å². The zero-order chi connectivity index (χ0) is 17.1. The summed E-state index contributed by atoms with van der Waals surface area (Å²) in [7, 11) is -8.21. The standard InChI is InChI=1S/C11H11N2O7PS2.Na.H/c14-13(15)9-1-3-10(4-2-9)20-21(16,17)8-12-23(18,19)11-5-6-22-7-11;;/h1-7,12H,8H2,(H,16,17);;/q;+1;-1. The Morgan fingerprint density at radius 3 is 2.46 bits per heavy atom. The van der Waals surface area contributed by atoms with Crippen LogP contribution >= 0.6 is 18.9 Å². The van der Waals surface area contributed by atoms with Crippen LogP contribution in [0, 0.1) is 10.1 Å². The van der Waals surface area contributed by atoms with Crippen LogP contribution in [-0.4, -0.2) is 24.5 Å². The van der Waals surface area contributed by atoms with Gasteiger partial charge in [0.1, 0.15) is 12.0 Å². The molecule has 0 saturated carbocycles. The molecule has 0 aliphatic carbocycles. The van der Waals surface area contributed by atoms with Gasteiger partial charge >= 0.3 is 37.2 Å². The van der Waals surface area contributed by atoms with Crippen LogP contribution < -0.4 is 38.8 Å². The molecule has 0 saturated heterocycles. The van der Waals surface area contributed by atoms with Gasteiger partial charge in [0.25, 0.3) is 5.69 Å². The summed E-state index contributed by atoms with van der Waals surface area (Å²) >= 11 is 1.17. The number of rotatable bonds is 7. The van der Waals surface area contributed by atoms with Gasteiger partial charge in [0.2, 0.25) is 10.0 Å². The van der Waals surface area contributed by atoms with Gasteiger partial charge in [-0.3, -0.25) is 10.1 Å². The van der Waals surface area contributed by atoms with E-state index in [0.717, 1.165) is 24.3 Å². The maximum Gasteiger partial charge on any atom is 1.00 e. The number of nitro groups is 1. The van der Waals surface area contributed by atoms with Crippen molar-refractivity contribution in [3.05, 3.63) is 51.2 Å². The monoisotopic (exact) mass is 402 g/mol. The second kappa shape index (κ2) is 8.54. The molecule has 0 aliphatic heterocycles. The molecule has 2 N–H and O–H groups in total. The summed E-state index contributed by atoms with van der Waals surface area (Å²) in [5, 5.41) is 13.4. The molecule has 13 heteroatoms. The van der Waals surface area contributed by atoms with Crippen molar-refractivity contribution >= 4 is 34.6 Å². The minimum Gasteiger partial charge on any atom is -1.00 e. The molecule has 0 aliphatic rings. The first kappa shape index (κ1) is 21.3. The van der Waals surface area contributed by atoms with E-state index in [1.165, 1.54) is 22.8 Å². The normalized spacial score (nSPS) is 13.5. The van der Waals surface area contributed by atoms with Gasteiger partial charge in [-0.15, -0.1) is 0 Å². The summed E-state index contributed by atoms with van der Waals surface area (Å²) in [6.45, 7) is 0. The van der Waals surface area contributed by atoms with Crippen LogP contribution in [0.4, 0.5) is 5.69 Å². The number of nitrogens with one attached hydrogen (secondary N) is 1. The molecule has 0 spiro atoms. The minimum absolute atomic E-state index is 0. The fourth-order valence-electron chi connectivity index (χ4n) is 1.48. The van der Waals surface area contributed by atoms with Crippen molar-refractivity contribution in [1.29, 1.82) is 0 Å². The average molecular weight is 402 g/mol. The number of benzene rings is 1. The Labute approximate surface area is 165 Å². The van der Waals surface area contributed by atoms with Crippen molar-refractivity contribution in [2.75, 3.05) is 6.29 Å². The molecule has 0 bridgehead atoms.